The van der Waals surface area contributed by atoms with Crippen LogP contribution in [-0.2, 0) is 0 Å². The standard InChI is InChI=1S/C20H15BrF2N6O2/c1-11(17-18(26-7-6-25-17)15-4-2-12(9-24)10-27-15)28-20(30)29-14-5-3-13(21)8-16(14)31-19(22)23/h2-8,10-11,19H,1H3,(H2,28,29,30)/t11-/m0/s1. The number of urea groups is 1. The first kappa shape index (κ1) is 22.0. The van der Waals surface area contributed by atoms with E-state index in [-0.39, 0.29) is 11.4 Å². The lowest BCUT2D eigenvalue weighted by molar-refractivity contribution is -0.0493. The number of carbonyl (C=O) groups excluding carboxylic acids is 1. The van der Waals surface area contributed by atoms with E-state index >= 15 is 0 Å². The number of alkyl halides is 2. The zero-order chi connectivity index (χ0) is 22.4. The van der Waals surface area contributed by atoms with Crippen molar-refractivity contribution in [3.63, 3.8) is 0 Å². The maximum Gasteiger partial charge on any atom is 0.387 e. The summed E-state index contributed by atoms with van der Waals surface area (Å²) in [6.07, 6.45) is 4.37. The zero-order valence-electron chi connectivity index (χ0n) is 16.0. The minimum Gasteiger partial charge on any atom is -0.433 e. The average molecular weight is 489 g/mol. The molecule has 158 valence electrons. The highest BCUT2D eigenvalue weighted by molar-refractivity contribution is 9.10. The van der Waals surface area contributed by atoms with Gasteiger partial charge in [0.15, 0.2) is 5.75 Å². The lowest BCUT2D eigenvalue weighted by atomic mass is 10.1. The van der Waals surface area contributed by atoms with Crippen LogP contribution in [0.3, 0.4) is 0 Å². The van der Waals surface area contributed by atoms with E-state index in [2.05, 4.69) is 46.3 Å². The van der Waals surface area contributed by atoms with Gasteiger partial charge in [0.2, 0.25) is 0 Å². The van der Waals surface area contributed by atoms with Gasteiger partial charge in [-0.25, -0.2) is 4.79 Å². The lowest BCUT2D eigenvalue weighted by Crippen LogP contribution is -2.32. The molecule has 1 atom stereocenters. The number of hydrogen-bond acceptors (Lipinski definition) is 6. The number of amides is 2. The van der Waals surface area contributed by atoms with Crippen LogP contribution in [0.25, 0.3) is 11.4 Å². The van der Waals surface area contributed by atoms with Gasteiger partial charge in [-0.15, -0.1) is 0 Å². The summed E-state index contributed by atoms with van der Waals surface area (Å²) in [6, 6.07) is 8.30. The fourth-order valence-corrected chi connectivity index (χ4v) is 3.02. The number of aromatic nitrogens is 3. The summed E-state index contributed by atoms with van der Waals surface area (Å²) in [5.41, 5.74) is 1.83. The Balaban J connectivity index is 1.77. The zero-order valence-corrected chi connectivity index (χ0v) is 17.6. The van der Waals surface area contributed by atoms with E-state index in [0.717, 1.165) is 0 Å². The molecule has 2 N–H and O–H groups in total. The second kappa shape index (κ2) is 9.90. The molecular weight excluding hydrogens is 474 g/mol. The van der Waals surface area contributed by atoms with E-state index < -0.39 is 18.7 Å². The quantitative estimate of drug-likeness (QED) is 0.521. The van der Waals surface area contributed by atoms with Crippen molar-refractivity contribution < 1.29 is 18.3 Å². The molecule has 2 aromatic heterocycles. The van der Waals surface area contributed by atoms with Crippen LogP contribution >= 0.6 is 15.9 Å². The van der Waals surface area contributed by atoms with Crippen LogP contribution in [-0.4, -0.2) is 27.6 Å². The van der Waals surface area contributed by atoms with Crippen molar-refractivity contribution in [2.24, 2.45) is 0 Å². The molecule has 0 aliphatic carbocycles. The number of pyridine rings is 1. The smallest absolute Gasteiger partial charge is 0.387 e. The van der Waals surface area contributed by atoms with Gasteiger partial charge >= 0.3 is 12.6 Å². The molecule has 3 rings (SSSR count). The van der Waals surface area contributed by atoms with Crippen molar-refractivity contribution in [1.82, 2.24) is 20.3 Å². The number of halogens is 3. The lowest BCUT2D eigenvalue weighted by Gasteiger charge is -2.17. The average Bonchev–Trinajstić information content (AvgIpc) is 2.75. The first-order valence-corrected chi connectivity index (χ1v) is 9.66. The Morgan fingerprint density at radius 1 is 1.19 bits per heavy atom. The predicted octanol–water partition coefficient (Wildman–Crippen LogP) is 4.66. The molecule has 0 aliphatic rings. The van der Waals surface area contributed by atoms with Gasteiger partial charge in [0, 0.05) is 23.1 Å². The van der Waals surface area contributed by atoms with E-state index in [1.54, 1.807) is 25.1 Å². The highest BCUT2D eigenvalue weighted by Crippen LogP contribution is 2.30. The summed E-state index contributed by atoms with van der Waals surface area (Å²) in [5.74, 6) is -0.186. The van der Waals surface area contributed by atoms with Crippen molar-refractivity contribution in [1.29, 1.82) is 5.26 Å². The van der Waals surface area contributed by atoms with Gasteiger partial charge in [0.1, 0.15) is 11.8 Å². The Bertz CT molecular complexity index is 1120. The number of nitriles is 1. The van der Waals surface area contributed by atoms with E-state index in [4.69, 9.17) is 5.26 Å². The molecule has 0 fully saturated rings. The molecule has 0 saturated carbocycles. The third-order valence-electron chi connectivity index (χ3n) is 4.03. The summed E-state index contributed by atoms with van der Waals surface area (Å²) >= 11 is 3.17. The fraction of sp³-hybridized carbons (Fsp3) is 0.150. The molecule has 0 aliphatic heterocycles. The van der Waals surface area contributed by atoms with Gasteiger partial charge in [0.05, 0.1) is 28.7 Å². The predicted molar refractivity (Wildman–Crippen MR) is 111 cm³/mol. The van der Waals surface area contributed by atoms with Crippen LogP contribution in [0.15, 0.2) is 53.4 Å². The minimum atomic E-state index is -3.04. The van der Waals surface area contributed by atoms with Gasteiger partial charge in [0.25, 0.3) is 0 Å². The number of nitrogens with one attached hydrogen (secondary N) is 2. The molecule has 2 heterocycles. The molecule has 11 heteroatoms. The van der Waals surface area contributed by atoms with E-state index in [0.29, 0.717) is 27.1 Å². The maximum absolute atomic E-state index is 12.6. The first-order valence-electron chi connectivity index (χ1n) is 8.86. The molecule has 0 bridgehead atoms. The van der Waals surface area contributed by atoms with Crippen LogP contribution < -0.4 is 15.4 Å². The minimum absolute atomic E-state index is 0.0707. The van der Waals surface area contributed by atoms with Crippen LogP contribution in [0, 0.1) is 11.3 Å². The molecule has 0 saturated heterocycles. The number of rotatable bonds is 6. The molecular formula is C20H15BrF2N6O2. The molecule has 31 heavy (non-hydrogen) atoms. The van der Waals surface area contributed by atoms with Crippen molar-refractivity contribution in [2.45, 2.75) is 19.6 Å². The molecule has 8 nitrogen and oxygen atoms in total. The first-order chi connectivity index (χ1) is 14.9. The summed E-state index contributed by atoms with van der Waals surface area (Å²) in [7, 11) is 0. The van der Waals surface area contributed by atoms with E-state index in [1.165, 1.54) is 30.7 Å². The molecule has 0 unspecified atom stereocenters. The Morgan fingerprint density at radius 2 is 1.97 bits per heavy atom. The summed E-state index contributed by atoms with van der Waals surface area (Å²) in [6.45, 7) is -1.35. The van der Waals surface area contributed by atoms with Crippen LogP contribution in [0.1, 0.15) is 24.2 Å². The van der Waals surface area contributed by atoms with Crippen LogP contribution in [0.2, 0.25) is 0 Å². The van der Waals surface area contributed by atoms with E-state index in [1.807, 2.05) is 6.07 Å². The van der Waals surface area contributed by atoms with Gasteiger partial charge in [-0.2, -0.15) is 14.0 Å². The van der Waals surface area contributed by atoms with Gasteiger partial charge < -0.3 is 15.4 Å². The maximum atomic E-state index is 12.6. The van der Waals surface area contributed by atoms with Crippen molar-refractivity contribution >= 4 is 27.6 Å². The number of hydrogen-bond donors (Lipinski definition) is 2. The van der Waals surface area contributed by atoms with Crippen molar-refractivity contribution in [3.05, 3.63) is 64.7 Å². The number of carbonyl (C=O) groups is 1. The largest absolute Gasteiger partial charge is 0.433 e. The van der Waals surface area contributed by atoms with Gasteiger partial charge in [-0.1, -0.05) is 15.9 Å². The fourth-order valence-electron chi connectivity index (χ4n) is 2.68. The number of nitrogens with zero attached hydrogens (tertiary/aromatic N) is 4. The van der Waals surface area contributed by atoms with Crippen molar-refractivity contribution in [2.75, 3.05) is 5.32 Å². The summed E-state index contributed by atoms with van der Waals surface area (Å²) in [4.78, 5) is 25.3. The Morgan fingerprint density at radius 3 is 2.65 bits per heavy atom. The summed E-state index contributed by atoms with van der Waals surface area (Å²) in [5, 5.41) is 14.1. The second-order valence-electron chi connectivity index (χ2n) is 6.17. The second-order valence-corrected chi connectivity index (χ2v) is 7.09. The SMILES string of the molecule is C[C@H](NC(=O)Nc1ccc(Br)cc1OC(F)F)c1nccnc1-c1ccc(C#N)cn1. The highest BCUT2D eigenvalue weighted by atomic mass is 79.9. The number of benzene rings is 1. The Hall–Kier alpha value is -3.65. The normalized spacial score (nSPS) is 11.5. The molecule has 0 spiro atoms. The topological polar surface area (TPSA) is 113 Å². The third kappa shape index (κ3) is 5.70. The number of anilines is 1. The van der Waals surface area contributed by atoms with Gasteiger partial charge in [-0.05, 0) is 37.3 Å². The third-order valence-corrected chi connectivity index (χ3v) is 4.52. The highest BCUT2D eigenvalue weighted by Gasteiger charge is 2.19. The van der Waals surface area contributed by atoms with Crippen molar-refractivity contribution in [3.8, 4) is 23.2 Å². The molecule has 2 amide bonds. The molecule has 0 radical (unpaired) electrons. The van der Waals surface area contributed by atoms with Gasteiger partial charge in [-0.3, -0.25) is 15.0 Å². The number of ether oxygens (including phenoxy) is 1. The van der Waals surface area contributed by atoms with Crippen LogP contribution in [0.5, 0.6) is 5.75 Å². The molecule has 3 aromatic rings. The summed E-state index contributed by atoms with van der Waals surface area (Å²) < 4.78 is 30.3. The van der Waals surface area contributed by atoms with Crippen LogP contribution in [0.4, 0.5) is 19.3 Å². The monoisotopic (exact) mass is 488 g/mol. The molecule has 1 aromatic carbocycles. The Kier molecular flexibility index (Phi) is 7.04. The Labute approximate surface area is 184 Å². The van der Waals surface area contributed by atoms with E-state index in [9.17, 15) is 13.6 Å².